The van der Waals surface area contributed by atoms with Gasteiger partial charge in [0.1, 0.15) is 5.76 Å². The zero-order valence-corrected chi connectivity index (χ0v) is 13.5. The molecule has 1 aromatic carbocycles. The highest BCUT2D eigenvalue weighted by Crippen LogP contribution is 2.30. The molecule has 0 atom stereocenters. The Labute approximate surface area is 136 Å². The quantitative estimate of drug-likeness (QED) is 0.771. The van der Waals surface area contributed by atoms with Gasteiger partial charge in [-0.2, -0.15) is 0 Å². The first-order valence-corrected chi connectivity index (χ1v) is 7.94. The van der Waals surface area contributed by atoms with Crippen LogP contribution in [0.4, 0.5) is 9.93 Å². The average molecular weight is 329 g/mol. The van der Waals surface area contributed by atoms with Crippen LogP contribution in [-0.2, 0) is 0 Å². The van der Waals surface area contributed by atoms with Crippen molar-refractivity contribution in [3.8, 4) is 11.1 Å². The van der Waals surface area contributed by atoms with Crippen molar-refractivity contribution < 1.29 is 9.21 Å². The van der Waals surface area contributed by atoms with Crippen molar-refractivity contribution in [2.24, 2.45) is 0 Å². The van der Waals surface area contributed by atoms with Crippen LogP contribution in [0.5, 0.6) is 0 Å². The molecule has 2 heterocycles. The molecule has 0 saturated heterocycles. The second kappa shape index (κ2) is 6.21. The molecule has 6 nitrogen and oxygen atoms in total. The molecule has 2 N–H and O–H groups in total. The van der Waals surface area contributed by atoms with Crippen molar-refractivity contribution in [2.45, 2.75) is 13.8 Å². The third-order valence-corrected chi connectivity index (χ3v) is 4.12. The maximum absolute atomic E-state index is 11.6. The molecule has 0 fully saturated rings. The summed E-state index contributed by atoms with van der Waals surface area (Å²) in [6.07, 6.45) is 0. The number of urea groups is 1. The summed E-state index contributed by atoms with van der Waals surface area (Å²) in [5, 5.41) is 5.90. The normalized spacial score (nSPS) is 10.7. The molecule has 0 spiro atoms. The molecule has 2 amide bonds. The fraction of sp³-hybridized carbons (Fsp3) is 0.188. The number of hydrogen-bond donors (Lipinski definition) is 2. The van der Waals surface area contributed by atoms with E-state index in [1.165, 1.54) is 17.4 Å². The fourth-order valence-electron chi connectivity index (χ4n) is 2.23. The largest absolute Gasteiger partial charge is 0.428 e. The van der Waals surface area contributed by atoms with E-state index in [1.807, 2.05) is 31.2 Å². The summed E-state index contributed by atoms with van der Waals surface area (Å²) in [4.78, 5) is 27.5. The number of benzene rings is 1. The highest BCUT2D eigenvalue weighted by Gasteiger charge is 2.09. The molecule has 3 rings (SSSR count). The fourth-order valence-corrected chi connectivity index (χ4v) is 3.08. The predicted octanol–water partition coefficient (Wildman–Crippen LogP) is 3.37. The molecule has 7 heteroatoms. The lowest BCUT2D eigenvalue weighted by Gasteiger charge is -2.01. The summed E-state index contributed by atoms with van der Waals surface area (Å²) >= 11 is 1.40. The first-order valence-electron chi connectivity index (χ1n) is 7.13. The van der Waals surface area contributed by atoms with Crippen molar-refractivity contribution in [1.29, 1.82) is 0 Å². The molecule has 0 aliphatic carbocycles. The molecule has 0 aliphatic heterocycles. The molecule has 0 bridgehead atoms. The van der Waals surface area contributed by atoms with Crippen LogP contribution in [0.3, 0.4) is 0 Å². The van der Waals surface area contributed by atoms with E-state index in [4.69, 9.17) is 4.42 Å². The standard InChI is InChI=1S/C16H15N3O3S/c1-3-17-15(21)19-16-18-12-7-10(4-5-13(12)23-16)11-6-9(2)22-14(20)8-11/h4-8H,3H2,1-2H3,(H2,17,18,19,21). The van der Waals surface area contributed by atoms with Crippen molar-refractivity contribution in [1.82, 2.24) is 10.3 Å². The second-order valence-electron chi connectivity index (χ2n) is 4.96. The predicted molar refractivity (Wildman–Crippen MR) is 91.0 cm³/mol. The summed E-state index contributed by atoms with van der Waals surface area (Å²) in [6.45, 7) is 4.14. The second-order valence-corrected chi connectivity index (χ2v) is 5.99. The number of aryl methyl sites for hydroxylation is 1. The number of hydrogen-bond acceptors (Lipinski definition) is 5. The lowest BCUT2D eigenvalue weighted by atomic mass is 10.1. The summed E-state index contributed by atoms with van der Waals surface area (Å²) in [5.41, 5.74) is 2.05. The lowest BCUT2D eigenvalue weighted by molar-refractivity contribution is 0.252. The highest BCUT2D eigenvalue weighted by molar-refractivity contribution is 7.22. The van der Waals surface area contributed by atoms with Gasteiger partial charge in [-0.05, 0) is 43.2 Å². The number of aromatic nitrogens is 1. The minimum absolute atomic E-state index is 0.275. The minimum atomic E-state index is -0.378. The number of nitrogens with zero attached hydrogens (tertiary/aromatic N) is 1. The summed E-state index contributed by atoms with van der Waals surface area (Å²) < 4.78 is 5.93. The van der Waals surface area contributed by atoms with Gasteiger partial charge in [0.2, 0.25) is 0 Å². The summed E-state index contributed by atoms with van der Waals surface area (Å²) in [5.74, 6) is 0.560. The molecule has 0 unspecified atom stereocenters. The van der Waals surface area contributed by atoms with Crippen LogP contribution in [0, 0.1) is 6.92 Å². The first kappa shape index (κ1) is 15.2. The molecular formula is C16H15N3O3S. The van der Waals surface area contributed by atoms with E-state index in [0.717, 1.165) is 21.3 Å². The smallest absolute Gasteiger partial charge is 0.336 e. The van der Waals surface area contributed by atoms with Crippen molar-refractivity contribution >= 4 is 32.7 Å². The van der Waals surface area contributed by atoms with Gasteiger partial charge in [0, 0.05) is 12.6 Å². The van der Waals surface area contributed by atoms with Crippen LogP contribution in [0.1, 0.15) is 12.7 Å². The molecule has 3 aromatic rings. The van der Waals surface area contributed by atoms with Crippen molar-refractivity contribution in [3.05, 3.63) is 46.5 Å². The van der Waals surface area contributed by atoms with Crippen LogP contribution < -0.4 is 16.3 Å². The van der Waals surface area contributed by atoms with Gasteiger partial charge in [0.15, 0.2) is 5.13 Å². The number of anilines is 1. The summed E-state index contributed by atoms with van der Waals surface area (Å²) in [7, 11) is 0. The molecular weight excluding hydrogens is 314 g/mol. The number of carbonyl (C=O) groups excluding carboxylic acids is 1. The van der Waals surface area contributed by atoms with Crippen LogP contribution in [-0.4, -0.2) is 17.6 Å². The minimum Gasteiger partial charge on any atom is -0.428 e. The molecule has 23 heavy (non-hydrogen) atoms. The Morgan fingerprint density at radius 1 is 1.26 bits per heavy atom. The van der Waals surface area contributed by atoms with Crippen LogP contribution in [0.25, 0.3) is 21.3 Å². The number of thiazole rings is 1. The van der Waals surface area contributed by atoms with Gasteiger partial charge in [-0.1, -0.05) is 17.4 Å². The Morgan fingerprint density at radius 3 is 2.83 bits per heavy atom. The van der Waals surface area contributed by atoms with Gasteiger partial charge < -0.3 is 9.73 Å². The number of fused-ring (bicyclic) bond motifs is 1. The Morgan fingerprint density at radius 2 is 2.09 bits per heavy atom. The summed E-state index contributed by atoms with van der Waals surface area (Å²) in [6, 6.07) is 8.73. The van der Waals surface area contributed by atoms with Gasteiger partial charge >= 0.3 is 11.7 Å². The van der Waals surface area contributed by atoms with Crippen LogP contribution in [0.2, 0.25) is 0 Å². The molecule has 0 aliphatic rings. The zero-order valence-electron chi connectivity index (χ0n) is 12.7. The van der Waals surface area contributed by atoms with E-state index < -0.39 is 0 Å². The first-order chi connectivity index (χ1) is 11.0. The van der Waals surface area contributed by atoms with Gasteiger partial charge in [-0.15, -0.1) is 0 Å². The number of nitrogens with one attached hydrogen (secondary N) is 2. The zero-order chi connectivity index (χ0) is 16.4. The number of amides is 2. The van der Waals surface area contributed by atoms with Gasteiger partial charge in [-0.25, -0.2) is 14.6 Å². The number of carbonyl (C=O) groups is 1. The Bertz CT molecular complexity index is 930. The van der Waals surface area contributed by atoms with Crippen molar-refractivity contribution in [3.63, 3.8) is 0 Å². The third kappa shape index (κ3) is 3.40. The Balaban J connectivity index is 1.95. The van der Waals surface area contributed by atoms with Gasteiger partial charge in [-0.3, -0.25) is 5.32 Å². The maximum atomic E-state index is 11.6. The van der Waals surface area contributed by atoms with Crippen LogP contribution >= 0.6 is 11.3 Å². The van der Waals surface area contributed by atoms with E-state index in [0.29, 0.717) is 17.4 Å². The van der Waals surface area contributed by atoms with Gasteiger partial charge in [0.05, 0.1) is 10.2 Å². The van der Waals surface area contributed by atoms with E-state index >= 15 is 0 Å². The Hall–Kier alpha value is -2.67. The maximum Gasteiger partial charge on any atom is 0.336 e. The molecule has 0 saturated carbocycles. The highest BCUT2D eigenvalue weighted by atomic mass is 32.1. The van der Waals surface area contributed by atoms with Crippen LogP contribution in [0.15, 0.2) is 39.5 Å². The van der Waals surface area contributed by atoms with E-state index in [1.54, 1.807) is 6.92 Å². The molecule has 118 valence electrons. The van der Waals surface area contributed by atoms with E-state index in [2.05, 4.69) is 15.6 Å². The average Bonchev–Trinajstić information content (AvgIpc) is 2.87. The lowest BCUT2D eigenvalue weighted by Crippen LogP contribution is -2.28. The third-order valence-electron chi connectivity index (χ3n) is 3.17. The Kier molecular flexibility index (Phi) is 4.12. The topological polar surface area (TPSA) is 84.2 Å². The monoisotopic (exact) mass is 329 g/mol. The molecule has 0 radical (unpaired) electrons. The SMILES string of the molecule is CCNC(=O)Nc1nc2cc(-c3cc(C)oc(=O)c3)ccc2s1. The van der Waals surface area contributed by atoms with Crippen molar-refractivity contribution in [2.75, 3.05) is 11.9 Å². The van der Waals surface area contributed by atoms with E-state index in [9.17, 15) is 9.59 Å². The number of rotatable bonds is 3. The molecule has 2 aromatic heterocycles. The van der Waals surface area contributed by atoms with E-state index in [-0.39, 0.29) is 11.7 Å². The van der Waals surface area contributed by atoms with Gasteiger partial charge in [0.25, 0.3) is 0 Å².